The molecule has 6 rings (SSSR count). The average molecular weight is 676 g/mol. The molecule has 4 aliphatic heterocycles. The van der Waals surface area contributed by atoms with Crippen LogP contribution in [0.25, 0.3) is 0 Å². The summed E-state index contributed by atoms with van der Waals surface area (Å²) in [4.78, 5) is 44.0. The van der Waals surface area contributed by atoms with Gasteiger partial charge in [-0.1, -0.05) is 18.2 Å². The normalized spacial score (nSPS) is 31.0. The van der Waals surface area contributed by atoms with Crippen molar-refractivity contribution in [3.63, 3.8) is 0 Å². The Morgan fingerprint density at radius 1 is 1.00 bits per heavy atom. The number of carbonyl (C=O) groups excluding carboxylic acids is 3. The van der Waals surface area contributed by atoms with Crippen LogP contribution in [-0.4, -0.2) is 133 Å². The quantitative estimate of drug-likeness (QED) is 0.301. The molecule has 47 heavy (non-hydrogen) atoms. The van der Waals surface area contributed by atoms with Gasteiger partial charge in [0.1, 0.15) is 35.9 Å². The van der Waals surface area contributed by atoms with Crippen LogP contribution in [-0.2, 0) is 35.7 Å². The Morgan fingerprint density at radius 2 is 1.77 bits per heavy atom. The molecule has 0 spiro atoms. The van der Waals surface area contributed by atoms with Crippen molar-refractivity contribution < 1.29 is 46.9 Å². The Morgan fingerprint density at radius 3 is 2.53 bits per heavy atom. The van der Waals surface area contributed by atoms with Crippen molar-refractivity contribution in [1.29, 1.82) is 0 Å². The summed E-state index contributed by atoms with van der Waals surface area (Å²) in [5.41, 5.74) is 0.866. The zero-order valence-electron chi connectivity index (χ0n) is 25.7. The van der Waals surface area contributed by atoms with E-state index in [-0.39, 0.29) is 49.8 Å². The zero-order valence-corrected chi connectivity index (χ0v) is 26.5. The molecule has 0 radical (unpaired) electrons. The molecule has 6 bridgehead atoms. The van der Waals surface area contributed by atoms with Crippen LogP contribution in [0.2, 0.25) is 0 Å². The molecule has 16 heteroatoms. The number of rotatable bonds is 5. The van der Waals surface area contributed by atoms with Crippen LogP contribution in [0, 0.1) is 5.82 Å². The van der Waals surface area contributed by atoms with Gasteiger partial charge in [0.15, 0.2) is 0 Å². The lowest BCUT2D eigenvalue weighted by atomic mass is 10.0. The Balaban J connectivity index is 1.33. The van der Waals surface area contributed by atoms with Gasteiger partial charge in [-0.3, -0.25) is 19.3 Å². The van der Waals surface area contributed by atoms with E-state index >= 15 is 0 Å². The monoisotopic (exact) mass is 675 g/mol. The highest BCUT2D eigenvalue weighted by molar-refractivity contribution is 7.89. The molecule has 0 aromatic heterocycles. The maximum absolute atomic E-state index is 14.2. The highest BCUT2D eigenvalue weighted by atomic mass is 32.2. The molecular formula is C31H38FN5O9S. The fraction of sp³-hybridized carbons (Fsp3) is 0.516. The molecule has 0 aliphatic carbocycles. The van der Waals surface area contributed by atoms with Gasteiger partial charge in [-0.25, -0.2) is 12.8 Å². The fourth-order valence-electron chi connectivity index (χ4n) is 6.84. The van der Waals surface area contributed by atoms with E-state index in [4.69, 9.17) is 9.47 Å². The number of nitrogens with zero attached hydrogens (tertiary/aromatic N) is 3. The van der Waals surface area contributed by atoms with Crippen LogP contribution in [0.15, 0.2) is 53.4 Å². The Labute approximate surface area is 271 Å². The lowest BCUT2D eigenvalue weighted by molar-refractivity contribution is -0.140. The first kappa shape index (κ1) is 33.2. The van der Waals surface area contributed by atoms with Crippen LogP contribution in [0.1, 0.15) is 18.4 Å². The molecule has 0 unspecified atom stereocenters. The van der Waals surface area contributed by atoms with Gasteiger partial charge in [0.05, 0.1) is 30.6 Å². The Kier molecular flexibility index (Phi) is 9.51. The number of aliphatic hydroxyl groups is 2. The first-order valence-electron chi connectivity index (χ1n) is 15.5. The van der Waals surface area contributed by atoms with Gasteiger partial charge in [-0.05, 0) is 42.3 Å². The van der Waals surface area contributed by atoms with Crippen LogP contribution >= 0.6 is 0 Å². The van der Waals surface area contributed by atoms with E-state index in [9.17, 15) is 37.4 Å². The number of likely N-dealkylation sites (tertiary alicyclic amines) is 1. The molecule has 4 fully saturated rings. The van der Waals surface area contributed by atoms with Gasteiger partial charge < -0.3 is 35.2 Å². The second-order valence-electron chi connectivity index (χ2n) is 12.3. The van der Waals surface area contributed by atoms with Crippen LogP contribution in [0.4, 0.5) is 4.39 Å². The number of carbonyl (C=O) groups is 3. The van der Waals surface area contributed by atoms with Gasteiger partial charge in [-0.2, -0.15) is 4.31 Å². The minimum atomic E-state index is -4.38. The lowest BCUT2D eigenvalue weighted by Gasteiger charge is -2.41. The number of nitrogens with one attached hydrogen (secondary N) is 2. The fourth-order valence-corrected chi connectivity index (χ4v) is 8.44. The van der Waals surface area contributed by atoms with E-state index in [0.717, 1.165) is 22.0 Å². The molecule has 2 aromatic rings. The first-order valence-corrected chi connectivity index (χ1v) is 16.9. The van der Waals surface area contributed by atoms with Crippen molar-refractivity contribution in [3.05, 3.63) is 59.9 Å². The summed E-state index contributed by atoms with van der Waals surface area (Å²) in [5, 5.41) is 26.8. The SMILES string of the molecule is COc1cccc(CN2C[C@@H]3C[C@H]2C(=O)N2CCN(S(=O)(=O)c4cccc(F)c4)[C@@H](C2)C(=O)NC[C@H]2O[C@@H](CC(=O)N3)[C@H](O)[C@@H]2O)c1. The molecule has 3 amide bonds. The number of hydrogen-bond acceptors (Lipinski definition) is 10. The molecule has 0 saturated carbocycles. The number of halogens is 1. The number of ether oxygens (including phenoxy) is 2. The number of amides is 3. The summed E-state index contributed by atoms with van der Waals surface area (Å²) in [6, 6.07) is 9.29. The summed E-state index contributed by atoms with van der Waals surface area (Å²) in [7, 11) is -2.82. The van der Waals surface area contributed by atoms with E-state index in [1.807, 2.05) is 23.1 Å². The molecule has 4 N–H and O–H groups in total. The summed E-state index contributed by atoms with van der Waals surface area (Å²) in [5.74, 6) is -1.64. The number of piperazine rings is 1. The Hall–Kier alpha value is -3.67. The van der Waals surface area contributed by atoms with E-state index in [1.54, 1.807) is 13.2 Å². The summed E-state index contributed by atoms with van der Waals surface area (Å²) < 4.78 is 53.6. The van der Waals surface area contributed by atoms with Crippen LogP contribution in [0.5, 0.6) is 5.75 Å². The summed E-state index contributed by atoms with van der Waals surface area (Å²) in [6.45, 7) is -0.205. The van der Waals surface area contributed by atoms with Gasteiger partial charge in [0, 0.05) is 45.3 Å². The largest absolute Gasteiger partial charge is 0.497 e. The molecule has 4 aliphatic rings. The first-order chi connectivity index (χ1) is 22.4. The second kappa shape index (κ2) is 13.4. The van der Waals surface area contributed by atoms with E-state index < -0.39 is 70.2 Å². The van der Waals surface area contributed by atoms with Crippen molar-refractivity contribution in [2.75, 3.05) is 39.8 Å². The standard InChI is InChI=1S/C31H38FN5O9S/c1-45-21-6-2-4-18(10-21)15-36-16-20-12-23(36)31(42)35-8-9-37(47(43,44)22-7-3-5-19(32)11-22)24(17-35)30(41)33-14-26-29(40)28(39)25(46-26)13-27(38)34-20/h2-7,10-11,20,23-26,28-29,39-40H,8-9,12-17H2,1H3,(H,33,41)(H,34,38)/t20-,23-,24-,25-,26+,28-,29+/m0/s1. The van der Waals surface area contributed by atoms with Gasteiger partial charge in [-0.15, -0.1) is 0 Å². The van der Waals surface area contributed by atoms with Crippen LogP contribution < -0.4 is 15.4 Å². The molecular weight excluding hydrogens is 637 g/mol. The molecule has 7 atom stereocenters. The zero-order chi connectivity index (χ0) is 33.5. The second-order valence-corrected chi connectivity index (χ2v) is 14.2. The molecule has 4 heterocycles. The number of aliphatic hydroxyl groups excluding tert-OH is 2. The van der Waals surface area contributed by atoms with Crippen LogP contribution in [0.3, 0.4) is 0 Å². The molecule has 4 saturated heterocycles. The van der Waals surface area contributed by atoms with Gasteiger partial charge in [0.25, 0.3) is 0 Å². The van der Waals surface area contributed by atoms with E-state index in [2.05, 4.69) is 10.6 Å². The highest BCUT2D eigenvalue weighted by Crippen LogP contribution is 2.29. The van der Waals surface area contributed by atoms with Gasteiger partial charge >= 0.3 is 0 Å². The van der Waals surface area contributed by atoms with Crippen molar-refractivity contribution in [3.8, 4) is 5.75 Å². The number of hydrogen-bond donors (Lipinski definition) is 4. The molecule has 254 valence electrons. The Bertz CT molecular complexity index is 1630. The minimum absolute atomic E-state index is 0.0317. The summed E-state index contributed by atoms with van der Waals surface area (Å²) in [6.07, 6.45) is -4.98. The smallest absolute Gasteiger partial charge is 0.244 e. The van der Waals surface area contributed by atoms with E-state index in [0.29, 0.717) is 18.8 Å². The van der Waals surface area contributed by atoms with E-state index in [1.165, 1.54) is 17.0 Å². The number of methoxy groups -OCH3 is 1. The third-order valence-electron chi connectivity index (χ3n) is 9.25. The van der Waals surface area contributed by atoms with Crippen molar-refractivity contribution in [2.24, 2.45) is 0 Å². The third-order valence-corrected chi connectivity index (χ3v) is 11.2. The van der Waals surface area contributed by atoms with Gasteiger partial charge in [0.2, 0.25) is 27.7 Å². The molecule has 14 nitrogen and oxygen atoms in total. The minimum Gasteiger partial charge on any atom is -0.497 e. The predicted molar refractivity (Wildman–Crippen MR) is 163 cm³/mol. The number of fused-ring (bicyclic) bond motifs is 6. The van der Waals surface area contributed by atoms with Crippen molar-refractivity contribution in [2.45, 2.75) is 66.8 Å². The number of benzene rings is 2. The third kappa shape index (κ3) is 6.84. The van der Waals surface area contributed by atoms with Crippen molar-refractivity contribution in [1.82, 2.24) is 24.7 Å². The lowest BCUT2D eigenvalue weighted by Crippen LogP contribution is -2.63. The van der Waals surface area contributed by atoms with Crippen molar-refractivity contribution >= 4 is 27.7 Å². The maximum Gasteiger partial charge on any atom is 0.244 e. The average Bonchev–Trinajstić information content (AvgIpc) is 3.57. The highest BCUT2D eigenvalue weighted by Gasteiger charge is 2.48. The predicted octanol–water partition coefficient (Wildman–Crippen LogP) is -1.20. The topological polar surface area (TPSA) is 178 Å². The summed E-state index contributed by atoms with van der Waals surface area (Å²) >= 11 is 0. The number of sulfonamides is 1. The maximum atomic E-state index is 14.2. The molecule has 2 aromatic carbocycles.